The van der Waals surface area contributed by atoms with E-state index in [-0.39, 0.29) is 5.69 Å². The highest BCUT2D eigenvalue weighted by Gasteiger charge is 2.16. The summed E-state index contributed by atoms with van der Waals surface area (Å²) < 4.78 is 28.1. The topological polar surface area (TPSA) is 26.0 Å². The summed E-state index contributed by atoms with van der Waals surface area (Å²) in [7, 11) is 0. The van der Waals surface area contributed by atoms with E-state index in [1.54, 1.807) is 0 Å². The molecule has 2 rings (SSSR count). The third-order valence-electron chi connectivity index (χ3n) is 3.89. The fourth-order valence-electron chi connectivity index (χ4n) is 2.70. The van der Waals surface area contributed by atoms with Crippen LogP contribution in [0.2, 0.25) is 0 Å². The lowest BCUT2D eigenvalue weighted by atomic mass is 9.89. The van der Waals surface area contributed by atoms with Crippen LogP contribution in [0.4, 0.5) is 14.5 Å². The number of rotatable bonds is 4. The molecule has 0 atom stereocenters. The molecule has 0 aliphatic carbocycles. The van der Waals surface area contributed by atoms with Gasteiger partial charge in [-0.2, -0.15) is 0 Å². The maximum absolute atomic E-state index is 14.3. The molecule has 1 nitrogen and oxygen atoms in total. The van der Waals surface area contributed by atoms with E-state index >= 15 is 0 Å². The third-order valence-corrected chi connectivity index (χ3v) is 3.89. The molecule has 21 heavy (non-hydrogen) atoms. The van der Waals surface area contributed by atoms with Gasteiger partial charge in [-0.1, -0.05) is 32.9 Å². The van der Waals surface area contributed by atoms with Crippen molar-refractivity contribution in [2.75, 3.05) is 5.73 Å². The van der Waals surface area contributed by atoms with Gasteiger partial charge in [0.05, 0.1) is 5.69 Å². The highest BCUT2D eigenvalue weighted by atomic mass is 19.1. The summed E-state index contributed by atoms with van der Waals surface area (Å²) in [6.45, 7) is 6.16. The molecule has 112 valence electrons. The first-order valence-electron chi connectivity index (χ1n) is 7.41. The van der Waals surface area contributed by atoms with Crippen molar-refractivity contribution in [3.05, 3.63) is 52.6 Å². The Labute approximate surface area is 124 Å². The van der Waals surface area contributed by atoms with Crippen LogP contribution in [0.1, 0.15) is 37.5 Å². The van der Waals surface area contributed by atoms with Gasteiger partial charge < -0.3 is 5.73 Å². The lowest BCUT2D eigenvalue weighted by molar-refractivity contribution is 0.607. The van der Waals surface area contributed by atoms with E-state index in [1.807, 2.05) is 13.8 Å². The quantitative estimate of drug-likeness (QED) is 0.796. The molecule has 0 heterocycles. The number of hydrogen-bond donors (Lipinski definition) is 1. The number of nitrogens with two attached hydrogens (primary N) is 1. The van der Waals surface area contributed by atoms with Gasteiger partial charge in [-0.15, -0.1) is 0 Å². The maximum atomic E-state index is 14.3. The second-order valence-corrected chi connectivity index (χ2v) is 5.20. The van der Waals surface area contributed by atoms with Crippen molar-refractivity contribution in [2.24, 2.45) is 0 Å². The first-order valence-corrected chi connectivity index (χ1v) is 7.41. The number of halogens is 2. The summed E-state index contributed by atoms with van der Waals surface area (Å²) in [6, 6.07) is 6.45. The Balaban J connectivity index is 2.76. The molecule has 2 N–H and O–H groups in total. The van der Waals surface area contributed by atoms with Crippen LogP contribution in [0.15, 0.2) is 24.3 Å². The minimum atomic E-state index is -0.574. The fourth-order valence-corrected chi connectivity index (χ4v) is 2.70. The Morgan fingerprint density at radius 1 is 0.810 bits per heavy atom. The lowest BCUT2D eigenvalue weighted by Gasteiger charge is -2.17. The molecule has 0 amide bonds. The van der Waals surface area contributed by atoms with Gasteiger partial charge in [0.1, 0.15) is 11.6 Å². The molecule has 2 aromatic carbocycles. The Kier molecular flexibility index (Phi) is 4.61. The van der Waals surface area contributed by atoms with E-state index < -0.39 is 11.6 Å². The average Bonchev–Trinajstić information content (AvgIpc) is 2.49. The number of hydrogen-bond acceptors (Lipinski definition) is 1. The van der Waals surface area contributed by atoms with Gasteiger partial charge >= 0.3 is 0 Å². The van der Waals surface area contributed by atoms with E-state index in [2.05, 4.69) is 19.1 Å². The van der Waals surface area contributed by atoms with E-state index in [9.17, 15) is 8.78 Å². The third kappa shape index (κ3) is 2.92. The molecule has 0 saturated carbocycles. The summed E-state index contributed by atoms with van der Waals surface area (Å²) in [4.78, 5) is 0. The summed E-state index contributed by atoms with van der Waals surface area (Å²) in [6.07, 6.45) is 2.49. The Morgan fingerprint density at radius 2 is 1.38 bits per heavy atom. The molecule has 0 bridgehead atoms. The molecule has 2 aromatic rings. The zero-order valence-corrected chi connectivity index (χ0v) is 12.8. The monoisotopic (exact) mass is 289 g/mol. The number of anilines is 1. The van der Waals surface area contributed by atoms with Gasteiger partial charge in [0.2, 0.25) is 0 Å². The van der Waals surface area contributed by atoms with Crippen LogP contribution in [0.25, 0.3) is 11.1 Å². The number of benzene rings is 2. The Hall–Kier alpha value is -1.90. The first kappa shape index (κ1) is 15.5. The van der Waals surface area contributed by atoms with Crippen molar-refractivity contribution in [2.45, 2.75) is 40.0 Å². The van der Waals surface area contributed by atoms with Crippen LogP contribution in [-0.4, -0.2) is 0 Å². The predicted molar refractivity (Wildman–Crippen MR) is 84.3 cm³/mol. The van der Waals surface area contributed by atoms with Gasteiger partial charge in [0.15, 0.2) is 0 Å². The minimum absolute atomic E-state index is 0.155. The molecular formula is C18H21F2N. The van der Waals surface area contributed by atoms with Gasteiger partial charge in [-0.05, 0) is 47.6 Å². The largest absolute Gasteiger partial charge is 0.396 e. The molecule has 0 aliphatic rings. The smallest absolute Gasteiger partial charge is 0.146 e. The van der Waals surface area contributed by atoms with E-state index in [1.165, 1.54) is 11.6 Å². The molecule has 0 spiro atoms. The van der Waals surface area contributed by atoms with E-state index in [0.717, 1.165) is 42.0 Å². The van der Waals surface area contributed by atoms with Crippen molar-refractivity contribution in [3.8, 4) is 11.1 Å². The molecule has 0 saturated heterocycles. The fraction of sp³-hybridized carbons (Fsp3) is 0.333. The molecule has 0 unspecified atom stereocenters. The van der Waals surface area contributed by atoms with E-state index in [0.29, 0.717) is 5.56 Å². The Morgan fingerprint density at radius 3 is 1.86 bits per heavy atom. The molecule has 0 aromatic heterocycles. The second kappa shape index (κ2) is 6.25. The minimum Gasteiger partial charge on any atom is -0.396 e. The van der Waals surface area contributed by atoms with Crippen molar-refractivity contribution in [3.63, 3.8) is 0 Å². The molecule has 3 heteroatoms. The standard InChI is InChI=1S/C18H21F2N/c1-4-11-7-12(5-2)18(13(6-3)8-11)14-9-16(20)17(21)10-15(14)19/h7-10H,4-6,21H2,1-3H3. The maximum Gasteiger partial charge on any atom is 0.146 e. The van der Waals surface area contributed by atoms with Gasteiger partial charge in [0, 0.05) is 11.6 Å². The average molecular weight is 289 g/mol. The van der Waals surface area contributed by atoms with Crippen LogP contribution in [0.5, 0.6) is 0 Å². The van der Waals surface area contributed by atoms with Crippen molar-refractivity contribution in [1.82, 2.24) is 0 Å². The molecule has 0 aliphatic heterocycles. The highest BCUT2D eigenvalue weighted by molar-refractivity contribution is 5.74. The zero-order chi connectivity index (χ0) is 15.6. The second-order valence-electron chi connectivity index (χ2n) is 5.20. The number of aryl methyl sites for hydroxylation is 3. The first-order chi connectivity index (χ1) is 10.0. The SMILES string of the molecule is CCc1cc(CC)c(-c2cc(F)c(N)cc2F)c(CC)c1. The molecular weight excluding hydrogens is 268 g/mol. The van der Waals surface area contributed by atoms with Crippen LogP contribution in [0.3, 0.4) is 0 Å². The van der Waals surface area contributed by atoms with Crippen molar-refractivity contribution < 1.29 is 8.78 Å². The normalized spacial score (nSPS) is 10.9. The van der Waals surface area contributed by atoms with Crippen LogP contribution < -0.4 is 5.73 Å². The lowest BCUT2D eigenvalue weighted by Crippen LogP contribution is -2.01. The Bertz CT molecular complexity index is 638. The van der Waals surface area contributed by atoms with Crippen molar-refractivity contribution >= 4 is 5.69 Å². The van der Waals surface area contributed by atoms with E-state index in [4.69, 9.17) is 5.73 Å². The van der Waals surface area contributed by atoms with Crippen LogP contribution in [0, 0.1) is 11.6 Å². The summed E-state index contributed by atoms with van der Waals surface area (Å²) in [5.74, 6) is -1.04. The van der Waals surface area contributed by atoms with Gasteiger partial charge in [-0.3, -0.25) is 0 Å². The van der Waals surface area contributed by atoms with Crippen molar-refractivity contribution in [1.29, 1.82) is 0 Å². The van der Waals surface area contributed by atoms with Gasteiger partial charge in [0.25, 0.3) is 0 Å². The zero-order valence-electron chi connectivity index (χ0n) is 12.8. The summed E-state index contributed by atoms with van der Waals surface area (Å²) >= 11 is 0. The van der Waals surface area contributed by atoms with Gasteiger partial charge in [-0.25, -0.2) is 8.78 Å². The molecule has 0 fully saturated rings. The molecule has 0 radical (unpaired) electrons. The van der Waals surface area contributed by atoms with Crippen LogP contribution in [-0.2, 0) is 19.3 Å². The highest BCUT2D eigenvalue weighted by Crippen LogP contribution is 2.34. The summed E-state index contributed by atoms with van der Waals surface area (Å²) in [5.41, 5.74) is 9.73. The number of nitrogen functional groups attached to an aromatic ring is 1. The summed E-state index contributed by atoms with van der Waals surface area (Å²) in [5, 5.41) is 0. The predicted octanol–water partition coefficient (Wildman–Crippen LogP) is 4.90. The van der Waals surface area contributed by atoms with Crippen LogP contribution >= 0.6 is 0 Å².